The predicted molar refractivity (Wildman–Crippen MR) is 139 cm³/mol. The number of rotatable bonds is 13. The minimum atomic E-state index is -3.84. The largest absolute Gasteiger partial charge is 0.468 e. The van der Waals surface area contributed by atoms with Crippen molar-refractivity contribution in [2.45, 2.75) is 86.9 Å². The molecule has 2 heterocycles. The van der Waals surface area contributed by atoms with Crippen LogP contribution in [0.2, 0.25) is 0 Å². The molecular weight excluding hydrogens is 538 g/mol. The number of aliphatic hydroxyl groups excluding tert-OH is 3. The van der Waals surface area contributed by atoms with Gasteiger partial charge in [0.05, 0.1) is 37.6 Å². The molecule has 0 unspecified atom stereocenters. The molecular formula is C23H45N5O10S. The van der Waals surface area contributed by atoms with Gasteiger partial charge in [0.15, 0.2) is 12.6 Å². The monoisotopic (exact) mass is 583 g/mol. The Morgan fingerprint density at radius 3 is 2.64 bits per heavy atom. The average Bonchev–Trinajstić information content (AvgIpc) is 2.85. The van der Waals surface area contributed by atoms with Crippen molar-refractivity contribution in [2.75, 3.05) is 45.6 Å². The SMILES string of the molecule is CN[C@@H]1[C@@H](O)[C@@H](O[C@@H]2[C@@H](O)[C@H](O[C@@H]3CCC=C(CNCCO)O3)[C@@H](N)C[C@H]2NS(=O)(=O)CCN)OC[C@]1(C)O. The normalized spacial score (nSPS) is 39.7. The third-order valence-electron chi connectivity index (χ3n) is 7.12. The Morgan fingerprint density at radius 1 is 1.23 bits per heavy atom. The van der Waals surface area contributed by atoms with E-state index < -0.39 is 70.7 Å². The zero-order valence-corrected chi connectivity index (χ0v) is 23.3. The van der Waals surface area contributed by atoms with Crippen LogP contribution in [-0.2, 0) is 29.0 Å². The Labute approximate surface area is 229 Å². The number of sulfonamides is 1. The highest BCUT2D eigenvalue weighted by atomic mass is 32.2. The highest BCUT2D eigenvalue weighted by Crippen LogP contribution is 2.32. The third-order valence-corrected chi connectivity index (χ3v) is 8.56. The topological polar surface area (TPSA) is 240 Å². The minimum absolute atomic E-state index is 0.0140. The lowest BCUT2D eigenvalue weighted by atomic mass is 9.84. The second-order valence-corrected chi connectivity index (χ2v) is 12.3. The van der Waals surface area contributed by atoms with Gasteiger partial charge in [0.25, 0.3) is 0 Å². The minimum Gasteiger partial charge on any atom is -0.468 e. The van der Waals surface area contributed by atoms with Gasteiger partial charge in [-0.2, -0.15) is 0 Å². The summed E-state index contributed by atoms with van der Waals surface area (Å²) < 4.78 is 51.2. The van der Waals surface area contributed by atoms with Crippen LogP contribution in [0.5, 0.6) is 0 Å². The molecule has 39 heavy (non-hydrogen) atoms. The molecule has 0 spiro atoms. The number of nitrogens with one attached hydrogen (secondary N) is 3. The summed E-state index contributed by atoms with van der Waals surface area (Å²) in [6, 6.07) is -2.60. The first-order chi connectivity index (χ1) is 18.4. The van der Waals surface area contributed by atoms with Crippen molar-refractivity contribution in [3.8, 4) is 0 Å². The van der Waals surface area contributed by atoms with E-state index in [4.69, 9.17) is 35.5 Å². The zero-order chi connectivity index (χ0) is 28.8. The van der Waals surface area contributed by atoms with E-state index in [0.717, 1.165) is 0 Å². The molecule has 15 nitrogen and oxygen atoms in total. The van der Waals surface area contributed by atoms with Crippen LogP contribution in [0.25, 0.3) is 0 Å². The van der Waals surface area contributed by atoms with Crippen LogP contribution in [0.3, 0.4) is 0 Å². The lowest BCUT2D eigenvalue weighted by Crippen LogP contribution is -2.69. The number of hydrogen-bond donors (Lipinski definition) is 9. The molecule has 0 aromatic carbocycles. The maximum absolute atomic E-state index is 12.6. The van der Waals surface area contributed by atoms with Gasteiger partial charge in [-0.15, -0.1) is 0 Å². The summed E-state index contributed by atoms with van der Waals surface area (Å²) in [6.45, 7) is 1.99. The first-order valence-electron chi connectivity index (χ1n) is 13.2. The number of ether oxygens (including phenoxy) is 4. The molecule has 1 saturated carbocycles. The Hall–Kier alpha value is -0.990. The highest BCUT2D eigenvalue weighted by molar-refractivity contribution is 7.89. The molecule has 0 aromatic heterocycles. The van der Waals surface area contributed by atoms with Crippen molar-refractivity contribution in [2.24, 2.45) is 11.5 Å². The maximum Gasteiger partial charge on any atom is 0.213 e. The molecule has 228 valence electrons. The van der Waals surface area contributed by atoms with E-state index in [9.17, 15) is 23.7 Å². The fourth-order valence-corrected chi connectivity index (χ4v) is 6.33. The molecule has 3 aliphatic rings. The second-order valence-electron chi connectivity index (χ2n) is 10.4. The van der Waals surface area contributed by atoms with Gasteiger partial charge in [-0.1, -0.05) is 0 Å². The fraction of sp³-hybridized carbons (Fsp3) is 0.913. The molecule has 0 radical (unpaired) electrons. The summed E-state index contributed by atoms with van der Waals surface area (Å²) in [5.74, 6) is 0.284. The average molecular weight is 584 g/mol. The molecule has 10 atom stereocenters. The van der Waals surface area contributed by atoms with Gasteiger partial charge >= 0.3 is 0 Å². The van der Waals surface area contributed by atoms with Crippen LogP contribution >= 0.6 is 0 Å². The van der Waals surface area contributed by atoms with Gasteiger partial charge in [0, 0.05) is 25.6 Å². The van der Waals surface area contributed by atoms with Crippen LogP contribution in [0, 0.1) is 0 Å². The fourth-order valence-electron chi connectivity index (χ4n) is 5.21. The van der Waals surface area contributed by atoms with E-state index in [0.29, 0.717) is 31.7 Å². The number of nitrogens with two attached hydrogens (primary N) is 2. The van der Waals surface area contributed by atoms with Gasteiger partial charge in [-0.05, 0) is 32.9 Å². The van der Waals surface area contributed by atoms with Crippen LogP contribution < -0.4 is 26.8 Å². The number of likely N-dealkylation sites (N-methyl/N-ethyl adjacent to an activating group) is 1. The molecule has 1 saturated heterocycles. The third kappa shape index (κ3) is 8.51. The molecule has 3 rings (SSSR count). The lowest BCUT2D eigenvalue weighted by molar-refractivity contribution is -0.303. The summed E-state index contributed by atoms with van der Waals surface area (Å²) in [5, 5.41) is 47.7. The number of hydrogen-bond acceptors (Lipinski definition) is 14. The van der Waals surface area contributed by atoms with Crippen molar-refractivity contribution in [3.63, 3.8) is 0 Å². The van der Waals surface area contributed by atoms with Crippen LogP contribution in [0.4, 0.5) is 0 Å². The molecule has 1 aliphatic carbocycles. The summed E-state index contributed by atoms with van der Waals surface area (Å²) in [7, 11) is -2.27. The molecule has 2 aliphatic heterocycles. The molecule has 0 amide bonds. The zero-order valence-electron chi connectivity index (χ0n) is 22.4. The Balaban J connectivity index is 1.77. The van der Waals surface area contributed by atoms with Gasteiger partial charge in [-0.3, -0.25) is 0 Å². The Kier molecular flexibility index (Phi) is 11.9. The summed E-state index contributed by atoms with van der Waals surface area (Å²) in [4.78, 5) is 0. The molecule has 2 fully saturated rings. The summed E-state index contributed by atoms with van der Waals surface area (Å²) >= 11 is 0. The molecule has 11 N–H and O–H groups in total. The number of allylic oxidation sites excluding steroid dienone is 1. The van der Waals surface area contributed by atoms with Crippen molar-refractivity contribution in [1.29, 1.82) is 0 Å². The second kappa shape index (κ2) is 14.3. The molecule has 16 heteroatoms. The van der Waals surface area contributed by atoms with Gasteiger partial charge < -0.3 is 61.5 Å². The molecule has 0 aromatic rings. The Morgan fingerprint density at radius 2 is 1.97 bits per heavy atom. The van der Waals surface area contributed by atoms with E-state index in [1.165, 1.54) is 6.92 Å². The van der Waals surface area contributed by atoms with Crippen molar-refractivity contribution in [1.82, 2.24) is 15.4 Å². The van der Waals surface area contributed by atoms with Crippen molar-refractivity contribution < 1.29 is 47.8 Å². The van der Waals surface area contributed by atoms with Gasteiger partial charge in [0.2, 0.25) is 10.0 Å². The highest BCUT2D eigenvalue weighted by Gasteiger charge is 2.51. The molecule has 0 bridgehead atoms. The van der Waals surface area contributed by atoms with E-state index in [-0.39, 0.29) is 31.9 Å². The van der Waals surface area contributed by atoms with E-state index >= 15 is 0 Å². The first kappa shape index (κ1) is 32.5. The maximum atomic E-state index is 12.6. The quantitative estimate of drug-likeness (QED) is 0.0934. The standard InChI is InChI=1S/C23H45N5O10S/c1-23(32)12-35-22(18(31)21(23)26-2)38-20-15(28-39(33,34)9-6-24)10-14(25)19(17(20)30)37-16-5-3-4-13(36-16)11-27-7-8-29/h4,14-22,26-32H,3,5-12,24-25H2,1-2H3/t14-,15+,16+,17-,18+,19+,20-,21+,22+,23-/m0/s1. The summed E-state index contributed by atoms with van der Waals surface area (Å²) in [6.07, 6.45) is -3.91. The van der Waals surface area contributed by atoms with E-state index in [1.54, 1.807) is 7.05 Å². The van der Waals surface area contributed by atoms with Crippen LogP contribution in [-0.4, -0.2) is 135 Å². The number of aliphatic hydroxyl groups is 4. The Bertz CT molecular complexity index is 910. The van der Waals surface area contributed by atoms with E-state index in [2.05, 4.69) is 15.4 Å². The van der Waals surface area contributed by atoms with Crippen molar-refractivity contribution in [3.05, 3.63) is 11.8 Å². The predicted octanol–water partition coefficient (Wildman–Crippen LogP) is -4.25. The van der Waals surface area contributed by atoms with Gasteiger partial charge in [0.1, 0.15) is 35.8 Å². The smallest absolute Gasteiger partial charge is 0.213 e. The first-order valence-corrected chi connectivity index (χ1v) is 14.9. The lowest BCUT2D eigenvalue weighted by Gasteiger charge is -2.48. The van der Waals surface area contributed by atoms with Crippen molar-refractivity contribution >= 4 is 10.0 Å². The van der Waals surface area contributed by atoms with Crippen LogP contribution in [0.15, 0.2) is 11.8 Å². The summed E-state index contributed by atoms with van der Waals surface area (Å²) in [5.41, 5.74) is 10.4. The van der Waals surface area contributed by atoms with Crippen LogP contribution in [0.1, 0.15) is 26.2 Å². The van der Waals surface area contributed by atoms with Gasteiger partial charge in [-0.25, -0.2) is 13.1 Å². The van der Waals surface area contributed by atoms with E-state index in [1.807, 2.05) is 6.08 Å².